The van der Waals surface area contributed by atoms with E-state index in [4.69, 9.17) is 38.7 Å². The van der Waals surface area contributed by atoms with Crippen LogP contribution >= 0.6 is 11.6 Å². The van der Waals surface area contributed by atoms with Crippen molar-refractivity contribution in [3.63, 3.8) is 0 Å². The van der Waals surface area contributed by atoms with Crippen LogP contribution in [-0.2, 0) is 24.1 Å². The zero-order chi connectivity index (χ0) is 49.4. The highest BCUT2D eigenvalue weighted by Crippen LogP contribution is 2.26. The standard InChI is InChI=1S/C45H64ClN9O12/c1-24-41(46)53-36(42(48)51-24)44(67)54-45(49)50-17-5-4-8-26-13-14-27(30-10-3-2-9-29(26)30)19-31(47)43(66)52-28-15-11-25(12-16-28)7-6-18-55(20-32(58)37(62)39(64)34(60)22-56)21-33(59)38(63)40(65)35(61)23-57/h2-3,9-16,31-35,37-40,56-65H,4-8,17-23,47H2,1H3,(H2,48,51)(H,52,66)(H3,49,50,54,67)/t31-,32-,33-,34+,35+,37+,38+,39+,40+/m0/s1. The Balaban J connectivity index is 1.27. The van der Waals surface area contributed by atoms with E-state index in [1.807, 2.05) is 36.4 Å². The number of hydrogen-bond acceptors (Lipinski definition) is 18. The zero-order valence-corrected chi connectivity index (χ0v) is 37.9. The lowest BCUT2D eigenvalue weighted by Crippen LogP contribution is -2.53. The predicted molar refractivity (Wildman–Crippen MR) is 250 cm³/mol. The van der Waals surface area contributed by atoms with E-state index in [1.54, 1.807) is 31.2 Å². The number of nitrogens with two attached hydrogens (primary N) is 2. The van der Waals surface area contributed by atoms with Gasteiger partial charge in [-0.2, -0.15) is 0 Å². The summed E-state index contributed by atoms with van der Waals surface area (Å²) in [4.78, 5) is 35.2. The van der Waals surface area contributed by atoms with Gasteiger partial charge >= 0.3 is 0 Å². The lowest BCUT2D eigenvalue weighted by molar-refractivity contribution is -0.130. The van der Waals surface area contributed by atoms with Gasteiger partial charge in [0.15, 0.2) is 22.6 Å². The summed E-state index contributed by atoms with van der Waals surface area (Å²) in [5.74, 6) is -1.39. The number of aryl methyl sites for hydroxylation is 3. The second kappa shape index (κ2) is 26.5. The summed E-state index contributed by atoms with van der Waals surface area (Å²) in [7, 11) is 0. The second-order valence-electron chi connectivity index (χ2n) is 16.4. The summed E-state index contributed by atoms with van der Waals surface area (Å²) in [6, 6.07) is 18.0. The van der Waals surface area contributed by atoms with Gasteiger partial charge in [-0.3, -0.25) is 25.2 Å². The molecule has 0 saturated carbocycles. The van der Waals surface area contributed by atoms with Crippen LogP contribution in [0.5, 0.6) is 0 Å². The molecule has 0 spiro atoms. The zero-order valence-electron chi connectivity index (χ0n) is 37.1. The Labute approximate surface area is 392 Å². The molecule has 0 bridgehead atoms. The number of aliphatic hydroxyl groups is 10. The van der Waals surface area contributed by atoms with Gasteiger partial charge in [0.1, 0.15) is 36.6 Å². The summed E-state index contributed by atoms with van der Waals surface area (Å²) in [6.45, 7) is -0.310. The van der Waals surface area contributed by atoms with Crippen molar-refractivity contribution in [2.45, 2.75) is 100 Å². The Morgan fingerprint density at radius 2 is 1.30 bits per heavy atom. The molecule has 67 heavy (non-hydrogen) atoms. The van der Waals surface area contributed by atoms with Crippen LogP contribution in [0.25, 0.3) is 10.8 Å². The lowest BCUT2D eigenvalue weighted by Gasteiger charge is -2.33. The van der Waals surface area contributed by atoms with Gasteiger partial charge < -0.3 is 73.2 Å². The van der Waals surface area contributed by atoms with Crippen LogP contribution in [0.1, 0.15) is 52.1 Å². The molecule has 0 saturated heterocycles. The van der Waals surface area contributed by atoms with Gasteiger partial charge in [0.25, 0.3) is 5.91 Å². The number of benzene rings is 3. The summed E-state index contributed by atoms with van der Waals surface area (Å²) >= 11 is 5.97. The number of hydrogen-bond donors (Lipinski definition) is 16. The van der Waals surface area contributed by atoms with Crippen LogP contribution in [0.3, 0.4) is 0 Å². The van der Waals surface area contributed by atoms with Gasteiger partial charge in [-0.25, -0.2) is 9.97 Å². The fraction of sp³-hybridized carbons (Fsp3) is 0.489. The largest absolute Gasteiger partial charge is 0.394 e. The minimum absolute atomic E-state index is 0.0461. The van der Waals surface area contributed by atoms with Crippen LogP contribution in [0.2, 0.25) is 5.15 Å². The second-order valence-corrected chi connectivity index (χ2v) is 16.8. The van der Waals surface area contributed by atoms with Crippen molar-refractivity contribution >= 4 is 51.7 Å². The average Bonchev–Trinajstić information content (AvgIpc) is 3.31. The van der Waals surface area contributed by atoms with Crippen molar-refractivity contribution in [1.29, 1.82) is 5.41 Å². The van der Waals surface area contributed by atoms with E-state index in [-0.39, 0.29) is 54.6 Å². The molecule has 0 radical (unpaired) electrons. The highest BCUT2D eigenvalue weighted by atomic mass is 35.5. The van der Waals surface area contributed by atoms with Gasteiger partial charge in [-0.15, -0.1) is 0 Å². The third kappa shape index (κ3) is 16.1. The molecule has 1 aromatic heterocycles. The highest BCUT2D eigenvalue weighted by Gasteiger charge is 2.34. The SMILES string of the molecule is Cc1nc(N)c(C(=O)NC(=N)NCCCCc2ccc(C[C@H](N)C(=O)Nc3ccc(CCCN(C[C@H](O)[C@@H](O)[C@H](O)[C@H](O)CO)C[C@H](O)[C@@H](O)[C@H](O)[C@H](O)CO)cc3)c3ccccc23)nc1Cl. The molecule has 21 nitrogen and oxygen atoms in total. The summed E-state index contributed by atoms with van der Waals surface area (Å²) in [5.41, 5.74) is 15.8. The Bertz CT molecular complexity index is 2200. The molecule has 0 aliphatic heterocycles. The van der Waals surface area contributed by atoms with E-state index in [0.29, 0.717) is 37.2 Å². The van der Waals surface area contributed by atoms with Crippen LogP contribution in [0, 0.1) is 12.3 Å². The maximum atomic E-state index is 13.3. The predicted octanol–water partition coefficient (Wildman–Crippen LogP) is -1.93. The van der Waals surface area contributed by atoms with E-state index < -0.39 is 74.0 Å². The van der Waals surface area contributed by atoms with Gasteiger partial charge in [-0.05, 0) is 91.6 Å². The molecular weight excluding hydrogens is 894 g/mol. The number of carbonyl (C=O) groups is 2. The molecule has 2 amide bonds. The Morgan fingerprint density at radius 3 is 1.88 bits per heavy atom. The number of carbonyl (C=O) groups excluding carboxylic acids is 2. The molecular formula is C45H64ClN9O12. The van der Waals surface area contributed by atoms with Crippen molar-refractivity contribution in [3.05, 3.63) is 93.9 Å². The third-order valence-corrected chi connectivity index (χ3v) is 11.6. The molecule has 22 heteroatoms. The van der Waals surface area contributed by atoms with E-state index in [0.717, 1.165) is 40.3 Å². The molecule has 0 aliphatic carbocycles. The number of nitrogen functional groups attached to an aromatic ring is 1. The normalized spacial score (nSPS) is 15.8. The first-order valence-electron chi connectivity index (χ1n) is 21.8. The summed E-state index contributed by atoms with van der Waals surface area (Å²) < 4.78 is 0. The molecule has 368 valence electrons. The first-order valence-corrected chi connectivity index (χ1v) is 22.2. The van der Waals surface area contributed by atoms with Crippen molar-refractivity contribution < 1.29 is 60.7 Å². The van der Waals surface area contributed by atoms with Crippen LogP contribution in [0.15, 0.2) is 60.7 Å². The van der Waals surface area contributed by atoms with Crippen LogP contribution in [-0.4, -0.2) is 178 Å². The van der Waals surface area contributed by atoms with Crippen molar-refractivity contribution in [2.75, 3.05) is 50.4 Å². The molecule has 1 heterocycles. The minimum Gasteiger partial charge on any atom is -0.394 e. The molecule has 0 fully saturated rings. The monoisotopic (exact) mass is 957 g/mol. The number of rotatable bonds is 26. The molecule has 4 rings (SSSR count). The number of aliphatic hydroxyl groups excluding tert-OH is 10. The number of guanidine groups is 1. The summed E-state index contributed by atoms with van der Waals surface area (Å²) in [6.07, 6.45) is -11.0. The maximum Gasteiger partial charge on any atom is 0.280 e. The average molecular weight is 959 g/mol. The number of halogens is 1. The van der Waals surface area contributed by atoms with Gasteiger partial charge in [0, 0.05) is 25.3 Å². The first-order chi connectivity index (χ1) is 31.8. The molecule has 3 aromatic carbocycles. The molecule has 4 aromatic rings. The number of fused-ring (bicyclic) bond motifs is 1. The quantitative estimate of drug-likeness (QED) is 0.0185. The number of amides is 2. The number of nitrogens with one attached hydrogen (secondary N) is 4. The van der Waals surface area contributed by atoms with Crippen molar-refractivity contribution in [2.24, 2.45) is 5.73 Å². The fourth-order valence-electron chi connectivity index (χ4n) is 7.33. The topological polar surface area (TPSA) is 377 Å². The van der Waals surface area contributed by atoms with E-state index in [2.05, 4.69) is 25.9 Å². The maximum absolute atomic E-state index is 13.3. The fourth-order valence-corrected chi connectivity index (χ4v) is 7.46. The molecule has 0 aliphatic rings. The van der Waals surface area contributed by atoms with E-state index in [9.17, 15) is 50.4 Å². The number of aromatic nitrogens is 2. The minimum atomic E-state index is -1.89. The van der Waals surface area contributed by atoms with Gasteiger partial charge in [-0.1, -0.05) is 60.1 Å². The molecule has 18 N–H and O–H groups in total. The Morgan fingerprint density at radius 1 is 0.746 bits per heavy atom. The first kappa shape index (κ1) is 54.6. The highest BCUT2D eigenvalue weighted by molar-refractivity contribution is 6.30. The number of unbranched alkanes of at least 4 members (excludes halogenated alkanes) is 1. The van der Waals surface area contributed by atoms with E-state index in [1.165, 1.54) is 4.90 Å². The van der Waals surface area contributed by atoms with Crippen LogP contribution in [0.4, 0.5) is 11.5 Å². The number of nitrogens with zero attached hydrogens (tertiary/aromatic N) is 3. The Kier molecular flexibility index (Phi) is 21.6. The third-order valence-electron chi connectivity index (χ3n) is 11.3. The number of anilines is 2. The smallest absolute Gasteiger partial charge is 0.280 e. The van der Waals surface area contributed by atoms with Gasteiger partial charge in [0.05, 0.1) is 37.2 Å². The van der Waals surface area contributed by atoms with E-state index >= 15 is 0 Å². The summed E-state index contributed by atoms with van der Waals surface area (Å²) in [5, 5.41) is 118. The lowest BCUT2D eigenvalue weighted by atomic mass is 9.93. The molecule has 0 unspecified atom stereocenters. The Hall–Kier alpha value is -4.98. The molecule has 9 atom stereocenters. The van der Waals surface area contributed by atoms with Crippen molar-refractivity contribution in [3.8, 4) is 0 Å². The van der Waals surface area contributed by atoms with Gasteiger partial charge in [0.2, 0.25) is 5.91 Å². The van der Waals surface area contributed by atoms with Crippen molar-refractivity contribution in [1.82, 2.24) is 25.5 Å². The van der Waals surface area contributed by atoms with Crippen LogP contribution < -0.4 is 27.4 Å².